The summed E-state index contributed by atoms with van der Waals surface area (Å²) in [7, 11) is 1.50. The first-order valence-corrected chi connectivity index (χ1v) is 4.23. The summed E-state index contributed by atoms with van der Waals surface area (Å²) in [5.74, 6) is -0.952. The van der Waals surface area contributed by atoms with Crippen molar-refractivity contribution in [3.05, 3.63) is 42.0 Å². The fraction of sp³-hybridized carbons (Fsp3) is 0.0909. The van der Waals surface area contributed by atoms with Crippen LogP contribution < -0.4 is 4.74 Å². The van der Waals surface area contributed by atoms with Crippen molar-refractivity contribution in [1.29, 1.82) is 0 Å². The highest BCUT2D eigenvalue weighted by molar-refractivity contribution is 6.07. The fourth-order valence-electron chi connectivity index (χ4n) is 1.02. The monoisotopic (exact) mass is 206 g/mol. The number of hydrogen-bond acceptors (Lipinski definition) is 3. The van der Waals surface area contributed by atoms with Gasteiger partial charge < -0.3 is 9.84 Å². The number of allylic oxidation sites excluding steroid dienone is 1. The Hall–Kier alpha value is -2.10. The maximum absolute atomic E-state index is 11.4. The molecule has 0 unspecified atom stereocenters. The van der Waals surface area contributed by atoms with Gasteiger partial charge in [-0.05, 0) is 18.2 Å². The zero-order chi connectivity index (χ0) is 11.3. The SMILES string of the molecule is COc1cccc(C(=O)C=CC(=O)O)c1. The molecule has 1 N–H and O–H groups in total. The van der Waals surface area contributed by atoms with Crippen molar-refractivity contribution in [2.45, 2.75) is 0 Å². The summed E-state index contributed by atoms with van der Waals surface area (Å²) in [6, 6.07) is 6.52. The van der Waals surface area contributed by atoms with Gasteiger partial charge in [-0.2, -0.15) is 0 Å². The van der Waals surface area contributed by atoms with E-state index < -0.39 is 5.97 Å². The predicted molar refractivity (Wildman–Crippen MR) is 54.1 cm³/mol. The molecular weight excluding hydrogens is 196 g/mol. The molecule has 0 atom stereocenters. The third-order valence-electron chi connectivity index (χ3n) is 1.73. The van der Waals surface area contributed by atoms with Gasteiger partial charge in [-0.15, -0.1) is 0 Å². The number of hydrogen-bond donors (Lipinski definition) is 1. The maximum Gasteiger partial charge on any atom is 0.328 e. The molecule has 0 aliphatic rings. The lowest BCUT2D eigenvalue weighted by atomic mass is 10.1. The van der Waals surface area contributed by atoms with Crippen molar-refractivity contribution in [3.8, 4) is 5.75 Å². The lowest BCUT2D eigenvalue weighted by Crippen LogP contribution is -1.97. The molecule has 0 amide bonds. The van der Waals surface area contributed by atoms with Gasteiger partial charge in [0, 0.05) is 11.6 Å². The van der Waals surface area contributed by atoms with Crippen LogP contribution in [0.25, 0.3) is 0 Å². The minimum absolute atomic E-state index is 0.365. The number of ether oxygens (including phenoxy) is 1. The van der Waals surface area contributed by atoms with Crippen LogP contribution in [0.5, 0.6) is 5.75 Å². The maximum atomic E-state index is 11.4. The number of methoxy groups -OCH3 is 1. The molecule has 0 aromatic heterocycles. The zero-order valence-electron chi connectivity index (χ0n) is 8.14. The second-order valence-corrected chi connectivity index (χ2v) is 2.77. The second-order valence-electron chi connectivity index (χ2n) is 2.77. The predicted octanol–water partition coefficient (Wildman–Crippen LogP) is 1.52. The molecule has 0 fully saturated rings. The Kier molecular flexibility index (Phi) is 3.62. The van der Waals surface area contributed by atoms with Crippen LogP contribution in [0.2, 0.25) is 0 Å². The van der Waals surface area contributed by atoms with Gasteiger partial charge in [0.1, 0.15) is 5.75 Å². The summed E-state index contributed by atoms with van der Waals surface area (Å²) >= 11 is 0. The first-order chi connectivity index (χ1) is 7.13. The molecule has 1 rings (SSSR count). The van der Waals surface area contributed by atoms with Gasteiger partial charge in [-0.3, -0.25) is 4.79 Å². The molecule has 78 valence electrons. The standard InChI is InChI=1S/C11H10O4/c1-15-9-4-2-3-8(7-9)10(12)5-6-11(13)14/h2-7H,1H3,(H,13,14). The number of carboxylic acids is 1. The van der Waals surface area contributed by atoms with E-state index >= 15 is 0 Å². The van der Waals surface area contributed by atoms with E-state index in [-0.39, 0.29) is 5.78 Å². The number of aliphatic carboxylic acids is 1. The van der Waals surface area contributed by atoms with Crippen molar-refractivity contribution in [2.24, 2.45) is 0 Å². The van der Waals surface area contributed by atoms with Gasteiger partial charge in [0.05, 0.1) is 7.11 Å². The molecule has 0 saturated heterocycles. The first kappa shape index (κ1) is 11.0. The minimum atomic E-state index is -1.15. The topological polar surface area (TPSA) is 63.6 Å². The van der Waals surface area contributed by atoms with Crippen molar-refractivity contribution in [2.75, 3.05) is 7.11 Å². The molecular formula is C11H10O4. The number of benzene rings is 1. The van der Waals surface area contributed by atoms with Gasteiger partial charge in [0.25, 0.3) is 0 Å². The molecule has 1 aromatic rings. The largest absolute Gasteiger partial charge is 0.497 e. The van der Waals surface area contributed by atoms with Crippen LogP contribution in [-0.2, 0) is 4.79 Å². The van der Waals surface area contributed by atoms with Crippen LogP contribution in [0.4, 0.5) is 0 Å². The first-order valence-electron chi connectivity index (χ1n) is 4.23. The van der Waals surface area contributed by atoms with Crippen LogP contribution in [0, 0.1) is 0 Å². The molecule has 0 bridgehead atoms. The average molecular weight is 206 g/mol. The van der Waals surface area contributed by atoms with E-state index in [4.69, 9.17) is 9.84 Å². The van der Waals surface area contributed by atoms with Gasteiger partial charge >= 0.3 is 5.97 Å². The Morgan fingerprint density at radius 3 is 2.67 bits per heavy atom. The van der Waals surface area contributed by atoms with Crippen LogP contribution in [-0.4, -0.2) is 24.0 Å². The Morgan fingerprint density at radius 2 is 2.07 bits per heavy atom. The van der Waals surface area contributed by atoms with Crippen molar-refractivity contribution < 1.29 is 19.4 Å². The lowest BCUT2D eigenvalue weighted by Gasteiger charge is -2.00. The molecule has 0 aliphatic carbocycles. The Balaban J connectivity index is 2.86. The van der Waals surface area contributed by atoms with Crippen molar-refractivity contribution in [1.82, 2.24) is 0 Å². The Morgan fingerprint density at radius 1 is 1.33 bits per heavy atom. The molecule has 0 radical (unpaired) electrons. The van der Waals surface area contributed by atoms with E-state index in [2.05, 4.69) is 0 Å². The normalized spacial score (nSPS) is 10.2. The smallest absolute Gasteiger partial charge is 0.328 e. The van der Waals surface area contributed by atoms with Gasteiger partial charge in [-0.1, -0.05) is 12.1 Å². The quantitative estimate of drug-likeness (QED) is 0.599. The molecule has 0 heterocycles. The molecule has 0 aliphatic heterocycles. The summed E-state index contributed by atoms with van der Waals surface area (Å²) in [6.45, 7) is 0. The van der Waals surface area contributed by atoms with Crippen molar-refractivity contribution in [3.63, 3.8) is 0 Å². The Bertz CT molecular complexity index is 407. The Labute approximate surface area is 86.8 Å². The lowest BCUT2D eigenvalue weighted by molar-refractivity contribution is -0.131. The molecule has 1 aromatic carbocycles. The van der Waals surface area contributed by atoms with E-state index in [1.165, 1.54) is 7.11 Å². The third kappa shape index (κ3) is 3.27. The van der Waals surface area contributed by atoms with E-state index in [1.807, 2.05) is 0 Å². The average Bonchev–Trinajstić information content (AvgIpc) is 2.26. The summed E-state index contributed by atoms with van der Waals surface area (Å²) in [4.78, 5) is 21.6. The van der Waals surface area contributed by atoms with Crippen LogP contribution >= 0.6 is 0 Å². The highest BCUT2D eigenvalue weighted by Crippen LogP contribution is 2.13. The highest BCUT2D eigenvalue weighted by Gasteiger charge is 2.03. The minimum Gasteiger partial charge on any atom is -0.497 e. The molecule has 4 nitrogen and oxygen atoms in total. The van der Waals surface area contributed by atoms with Gasteiger partial charge in [0.2, 0.25) is 0 Å². The summed E-state index contributed by atoms with van der Waals surface area (Å²) in [5, 5.41) is 8.35. The number of carbonyl (C=O) groups is 2. The fourth-order valence-corrected chi connectivity index (χ4v) is 1.02. The molecule has 0 saturated carbocycles. The second kappa shape index (κ2) is 4.95. The van der Waals surface area contributed by atoms with E-state index in [0.717, 1.165) is 12.2 Å². The van der Waals surface area contributed by atoms with Crippen LogP contribution in [0.1, 0.15) is 10.4 Å². The number of rotatable bonds is 4. The van der Waals surface area contributed by atoms with Gasteiger partial charge in [-0.25, -0.2) is 4.79 Å². The zero-order valence-corrected chi connectivity index (χ0v) is 8.14. The number of carbonyl (C=O) groups excluding carboxylic acids is 1. The van der Waals surface area contributed by atoms with Crippen LogP contribution in [0.15, 0.2) is 36.4 Å². The number of ketones is 1. The summed E-state index contributed by atoms with van der Waals surface area (Å²) in [6.07, 6.45) is 1.82. The molecule has 0 spiro atoms. The van der Waals surface area contributed by atoms with E-state index in [0.29, 0.717) is 11.3 Å². The summed E-state index contributed by atoms with van der Waals surface area (Å²) < 4.78 is 4.94. The van der Waals surface area contributed by atoms with E-state index in [9.17, 15) is 9.59 Å². The third-order valence-corrected chi connectivity index (χ3v) is 1.73. The van der Waals surface area contributed by atoms with Crippen molar-refractivity contribution >= 4 is 11.8 Å². The molecule has 4 heteroatoms. The van der Waals surface area contributed by atoms with Gasteiger partial charge in [0.15, 0.2) is 5.78 Å². The van der Waals surface area contributed by atoms with E-state index in [1.54, 1.807) is 24.3 Å². The molecule has 15 heavy (non-hydrogen) atoms. The summed E-state index contributed by atoms with van der Waals surface area (Å²) in [5.41, 5.74) is 0.395. The van der Waals surface area contributed by atoms with Crippen LogP contribution in [0.3, 0.4) is 0 Å². The number of carboxylic acid groups (broad SMARTS) is 1. The highest BCUT2D eigenvalue weighted by atomic mass is 16.5.